The molecule has 0 spiro atoms. The van der Waals surface area contributed by atoms with Gasteiger partial charge in [-0.1, -0.05) is 60.0 Å². The Kier molecular flexibility index (Phi) is 5.92. The fourth-order valence-electron chi connectivity index (χ4n) is 2.41. The summed E-state index contributed by atoms with van der Waals surface area (Å²) in [5, 5.41) is 0.615. The Morgan fingerprint density at radius 1 is 1.27 bits per heavy atom. The molecule has 0 aliphatic heterocycles. The Hall–Kier alpha value is -1.45. The first-order valence-electron chi connectivity index (χ1n) is 7.41. The number of halogens is 2. The molecule has 2 rings (SSSR count). The van der Waals surface area contributed by atoms with E-state index >= 15 is 0 Å². The van der Waals surface area contributed by atoms with Gasteiger partial charge in [0, 0.05) is 19.2 Å². The molecule has 0 bridgehead atoms. The van der Waals surface area contributed by atoms with Crippen molar-refractivity contribution in [1.82, 2.24) is 4.98 Å². The van der Waals surface area contributed by atoms with E-state index in [-0.39, 0.29) is 5.15 Å². The molecule has 1 aliphatic rings. The average Bonchev–Trinajstić information content (AvgIpc) is 2.67. The normalized spacial score (nSPS) is 14.4. The Morgan fingerprint density at radius 3 is 2.77 bits per heavy atom. The molecule has 22 heavy (non-hydrogen) atoms. The third-order valence-electron chi connectivity index (χ3n) is 3.55. The number of anilines is 2. The molecule has 2 N–H and O–H groups in total. The first-order chi connectivity index (χ1) is 10.5. The van der Waals surface area contributed by atoms with Crippen LogP contribution < -0.4 is 10.6 Å². The minimum atomic E-state index is 0.256. The molecule has 1 aliphatic carbocycles. The predicted octanol–water partition coefficient (Wildman–Crippen LogP) is 5.02. The van der Waals surface area contributed by atoms with E-state index in [0.717, 1.165) is 31.6 Å². The molecule has 0 fully saturated rings. The molecule has 0 unspecified atom stereocenters. The van der Waals surface area contributed by atoms with E-state index in [0.29, 0.717) is 10.8 Å². The largest absolute Gasteiger partial charge is 0.395 e. The summed E-state index contributed by atoms with van der Waals surface area (Å²) in [5.74, 6) is 0. The van der Waals surface area contributed by atoms with Gasteiger partial charge in [-0.15, -0.1) is 0 Å². The molecule has 0 aromatic carbocycles. The van der Waals surface area contributed by atoms with Gasteiger partial charge in [0.15, 0.2) is 5.15 Å². The summed E-state index contributed by atoms with van der Waals surface area (Å²) in [6, 6.07) is 1.78. The lowest BCUT2D eigenvalue weighted by molar-refractivity contribution is 0.806. The van der Waals surface area contributed by atoms with Crippen molar-refractivity contribution in [3.63, 3.8) is 0 Å². The van der Waals surface area contributed by atoms with E-state index < -0.39 is 0 Å². The summed E-state index contributed by atoms with van der Waals surface area (Å²) in [6.45, 7) is 5.89. The lowest BCUT2D eigenvalue weighted by Crippen LogP contribution is -2.27. The lowest BCUT2D eigenvalue weighted by atomic mass is 10.1. The first kappa shape index (κ1) is 16.9. The maximum Gasteiger partial charge on any atom is 0.155 e. The summed E-state index contributed by atoms with van der Waals surface area (Å²) >= 11 is 12.1. The van der Waals surface area contributed by atoms with Crippen molar-refractivity contribution >= 4 is 34.6 Å². The molecule has 118 valence electrons. The second-order valence-electron chi connectivity index (χ2n) is 5.39. The standard InChI is InChI=1S/C17H21Cl2N3/c1-3-9-22(11-13-6-4-5-12(2)7-8-13)14-10-15(18)21-17(19)16(14)20/h5-8,10H,3-4,9,11,20H2,1-2H3. The van der Waals surface area contributed by atoms with E-state index in [1.165, 1.54) is 11.1 Å². The number of aromatic nitrogens is 1. The van der Waals surface area contributed by atoms with Crippen molar-refractivity contribution in [3.8, 4) is 0 Å². The van der Waals surface area contributed by atoms with E-state index in [1.54, 1.807) is 6.07 Å². The van der Waals surface area contributed by atoms with E-state index in [2.05, 4.69) is 48.0 Å². The summed E-state index contributed by atoms with van der Waals surface area (Å²) in [6.07, 6.45) is 10.7. The second kappa shape index (κ2) is 7.70. The molecule has 0 radical (unpaired) electrons. The third kappa shape index (κ3) is 4.28. The van der Waals surface area contributed by atoms with E-state index in [9.17, 15) is 0 Å². The van der Waals surface area contributed by atoms with Gasteiger partial charge in [0.25, 0.3) is 0 Å². The minimum absolute atomic E-state index is 0.256. The minimum Gasteiger partial charge on any atom is -0.395 e. The fraction of sp³-hybridized carbons (Fsp3) is 0.353. The van der Waals surface area contributed by atoms with Gasteiger partial charge in [0.05, 0.1) is 11.4 Å². The van der Waals surface area contributed by atoms with Crippen molar-refractivity contribution in [3.05, 3.63) is 51.8 Å². The van der Waals surface area contributed by atoms with Gasteiger partial charge in [-0.05, 0) is 25.3 Å². The summed E-state index contributed by atoms with van der Waals surface area (Å²) in [5.41, 5.74) is 9.95. The first-order valence-corrected chi connectivity index (χ1v) is 8.17. The van der Waals surface area contributed by atoms with Crippen molar-refractivity contribution < 1.29 is 0 Å². The molecule has 0 atom stereocenters. The second-order valence-corrected chi connectivity index (χ2v) is 6.13. The fourth-order valence-corrected chi connectivity index (χ4v) is 2.83. The molecule has 0 saturated heterocycles. The third-order valence-corrected chi connectivity index (χ3v) is 4.03. The van der Waals surface area contributed by atoms with Gasteiger partial charge in [0.2, 0.25) is 0 Å². The molecule has 3 nitrogen and oxygen atoms in total. The Morgan fingerprint density at radius 2 is 2.05 bits per heavy atom. The van der Waals surface area contributed by atoms with Crippen LogP contribution in [0.1, 0.15) is 26.7 Å². The van der Waals surface area contributed by atoms with Gasteiger partial charge in [-0.3, -0.25) is 0 Å². The van der Waals surface area contributed by atoms with Gasteiger partial charge in [-0.25, -0.2) is 4.98 Å². The number of nitrogens with two attached hydrogens (primary N) is 1. The molecule has 0 amide bonds. The van der Waals surface area contributed by atoms with Crippen LogP contribution in [-0.2, 0) is 0 Å². The zero-order valence-corrected chi connectivity index (χ0v) is 14.5. The number of pyridine rings is 1. The van der Waals surface area contributed by atoms with Crippen LogP contribution in [0.3, 0.4) is 0 Å². The lowest BCUT2D eigenvalue weighted by Gasteiger charge is -2.26. The van der Waals surface area contributed by atoms with E-state index in [4.69, 9.17) is 28.9 Å². The monoisotopic (exact) mass is 337 g/mol. The maximum atomic E-state index is 6.10. The van der Waals surface area contributed by atoms with Crippen LogP contribution in [0.2, 0.25) is 10.3 Å². The Bertz CT molecular complexity index is 633. The number of allylic oxidation sites excluding steroid dienone is 4. The van der Waals surface area contributed by atoms with Gasteiger partial charge < -0.3 is 10.6 Å². The van der Waals surface area contributed by atoms with Crippen LogP contribution in [0.5, 0.6) is 0 Å². The van der Waals surface area contributed by atoms with Gasteiger partial charge in [0.1, 0.15) is 5.15 Å². The van der Waals surface area contributed by atoms with Crippen molar-refractivity contribution in [2.45, 2.75) is 26.7 Å². The van der Waals surface area contributed by atoms with Crippen LogP contribution >= 0.6 is 23.2 Å². The summed E-state index contributed by atoms with van der Waals surface area (Å²) < 4.78 is 0. The highest BCUT2D eigenvalue weighted by atomic mass is 35.5. The highest BCUT2D eigenvalue weighted by molar-refractivity contribution is 6.35. The van der Waals surface area contributed by atoms with Gasteiger partial charge in [-0.2, -0.15) is 0 Å². The smallest absolute Gasteiger partial charge is 0.155 e. The molecule has 0 saturated carbocycles. The van der Waals surface area contributed by atoms with Gasteiger partial charge >= 0.3 is 0 Å². The topological polar surface area (TPSA) is 42.2 Å². The molecular weight excluding hydrogens is 317 g/mol. The Labute approximate surface area is 142 Å². The highest BCUT2D eigenvalue weighted by Gasteiger charge is 2.15. The SMILES string of the molecule is CCCN(CC1=CCC=C(C)C=C1)c1cc(Cl)nc(Cl)c1N. The van der Waals surface area contributed by atoms with E-state index in [1.807, 2.05) is 0 Å². The molecule has 1 heterocycles. The quantitative estimate of drug-likeness (QED) is 0.767. The van der Waals surface area contributed by atoms with Crippen molar-refractivity contribution in [2.24, 2.45) is 0 Å². The molecular formula is C17H21Cl2N3. The van der Waals surface area contributed by atoms with Crippen molar-refractivity contribution in [2.75, 3.05) is 23.7 Å². The highest BCUT2D eigenvalue weighted by Crippen LogP contribution is 2.32. The van der Waals surface area contributed by atoms with Crippen LogP contribution in [0.15, 0.2) is 41.5 Å². The molecule has 5 heteroatoms. The number of hydrogen-bond donors (Lipinski definition) is 1. The Balaban J connectivity index is 2.28. The molecule has 1 aromatic heterocycles. The van der Waals surface area contributed by atoms with Crippen LogP contribution in [0.25, 0.3) is 0 Å². The summed E-state index contributed by atoms with van der Waals surface area (Å²) in [4.78, 5) is 6.19. The zero-order valence-electron chi connectivity index (χ0n) is 12.9. The molecule has 1 aromatic rings. The van der Waals surface area contributed by atoms with Crippen LogP contribution in [-0.4, -0.2) is 18.1 Å². The van der Waals surface area contributed by atoms with Crippen molar-refractivity contribution in [1.29, 1.82) is 0 Å². The predicted molar refractivity (Wildman–Crippen MR) is 96.8 cm³/mol. The average molecular weight is 338 g/mol. The zero-order chi connectivity index (χ0) is 16.1. The van der Waals surface area contributed by atoms with Crippen LogP contribution in [0, 0.1) is 0 Å². The van der Waals surface area contributed by atoms with Crippen LogP contribution in [0.4, 0.5) is 11.4 Å². The maximum absolute atomic E-state index is 6.10. The number of nitrogens with zero attached hydrogens (tertiary/aromatic N) is 2. The summed E-state index contributed by atoms with van der Waals surface area (Å²) in [7, 11) is 0. The number of nitrogen functional groups attached to an aromatic ring is 1. The number of hydrogen-bond acceptors (Lipinski definition) is 3. The number of rotatable bonds is 5.